The lowest BCUT2D eigenvalue weighted by atomic mass is 10.0. The lowest BCUT2D eigenvalue weighted by Gasteiger charge is -2.24. The molecule has 3 atom stereocenters. The number of hydrogen-bond donors (Lipinski definition) is 5. The van der Waals surface area contributed by atoms with Gasteiger partial charge in [-0.2, -0.15) is 0 Å². The molecule has 0 radical (unpaired) electrons. The maximum Gasteiger partial charge on any atom is 0.408 e. The number of rotatable bonds is 12. The fourth-order valence-corrected chi connectivity index (χ4v) is 4.11. The van der Waals surface area contributed by atoms with E-state index in [9.17, 15) is 33.9 Å². The quantitative estimate of drug-likeness (QED) is 0.196. The Morgan fingerprint density at radius 1 is 0.884 bits per heavy atom. The van der Waals surface area contributed by atoms with Gasteiger partial charge < -0.3 is 35.5 Å². The van der Waals surface area contributed by atoms with Crippen LogP contribution in [-0.4, -0.2) is 53.0 Å². The molecule has 4 amide bonds. The zero-order valence-electron chi connectivity index (χ0n) is 24.1. The molecule has 0 bridgehead atoms. The molecule has 1 aromatic heterocycles. The Morgan fingerprint density at radius 3 is 2.23 bits per heavy atom. The molecule has 228 valence electrons. The first-order chi connectivity index (χ1) is 20.3. The van der Waals surface area contributed by atoms with Crippen LogP contribution in [0.4, 0.5) is 10.5 Å². The molecule has 0 unspecified atom stereocenters. The van der Waals surface area contributed by atoms with E-state index in [0.29, 0.717) is 10.9 Å². The van der Waals surface area contributed by atoms with Crippen LogP contribution in [0, 0.1) is 12.8 Å². The second-order valence-corrected chi connectivity index (χ2v) is 10.3. The van der Waals surface area contributed by atoms with Crippen LogP contribution < -0.4 is 26.9 Å². The summed E-state index contributed by atoms with van der Waals surface area (Å²) in [5.41, 5.74) is 1.29. The SMILES string of the molecule is Cc1cc(=O)oc2cc(NC(=O)[C@H](CC(=O)O)NC(=O)[C@H](C)NC(=O)[C@H](NC(=O)OCc3ccccc3)C(C)C)ccc12. The minimum Gasteiger partial charge on any atom is -0.481 e. The molecule has 43 heavy (non-hydrogen) atoms. The van der Waals surface area contributed by atoms with Crippen molar-refractivity contribution in [1.82, 2.24) is 16.0 Å². The molecular weight excluding hydrogens is 560 g/mol. The number of aliphatic carboxylic acids is 1. The molecule has 1 heterocycles. The van der Waals surface area contributed by atoms with Gasteiger partial charge in [-0.1, -0.05) is 44.2 Å². The summed E-state index contributed by atoms with van der Waals surface area (Å²) in [4.78, 5) is 74.3. The number of carboxylic acid groups (broad SMARTS) is 1. The number of carbonyl (C=O) groups is 5. The number of fused-ring (bicyclic) bond motifs is 1. The van der Waals surface area contributed by atoms with E-state index in [1.807, 2.05) is 6.07 Å². The van der Waals surface area contributed by atoms with Crippen molar-refractivity contribution >= 4 is 46.4 Å². The van der Waals surface area contributed by atoms with E-state index in [4.69, 9.17) is 9.15 Å². The van der Waals surface area contributed by atoms with Gasteiger partial charge in [0.2, 0.25) is 17.7 Å². The molecule has 0 spiro atoms. The molecule has 13 heteroatoms. The highest BCUT2D eigenvalue weighted by Crippen LogP contribution is 2.21. The summed E-state index contributed by atoms with van der Waals surface area (Å²) in [6.07, 6.45) is -1.57. The smallest absolute Gasteiger partial charge is 0.408 e. The minimum absolute atomic E-state index is 0.00175. The molecule has 0 saturated heterocycles. The van der Waals surface area contributed by atoms with Gasteiger partial charge in [0.15, 0.2) is 0 Å². The molecular formula is C30H34N4O9. The molecule has 0 saturated carbocycles. The van der Waals surface area contributed by atoms with E-state index < -0.39 is 60.0 Å². The zero-order valence-corrected chi connectivity index (χ0v) is 24.1. The Hall–Kier alpha value is -5.20. The number of hydrogen-bond acceptors (Lipinski definition) is 8. The Labute approximate surface area is 247 Å². The second-order valence-electron chi connectivity index (χ2n) is 10.3. The third-order valence-electron chi connectivity index (χ3n) is 6.42. The van der Waals surface area contributed by atoms with Gasteiger partial charge in [-0.05, 0) is 43.0 Å². The predicted molar refractivity (Wildman–Crippen MR) is 156 cm³/mol. The highest BCUT2D eigenvalue weighted by Gasteiger charge is 2.30. The van der Waals surface area contributed by atoms with Crippen LogP contribution in [0.3, 0.4) is 0 Å². The third kappa shape index (κ3) is 9.42. The average Bonchev–Trinajstić information content (AvgIpc) is 2.94. The number of amides is 4. The van der Waals surface area contributed by atoms with Crippen LogP contribution >= 0.6 is 0 Å². The summed E-state index contributed by atoms with van der Waals surface area (Å²) in [5, 5.41) is 19.8. The maximum atomic E-state index is 13.0. The summed E-state index contributed by atoms with van der Waals surface area (Å²) in [5.74, 6) is -4.08. The molecule has 13 nitrogen and oxygen atoms in total. The molecule has 0 aliphatic rings. The van der Waals surface area contributed by atoms with Gasteiger partial charge in [-0.15, -0.1) is 0 Å². The summed E-state index contributed by atoms with van der Waals surface area (Å²) in [6, 6.07) is 11.1. The number of nitrogens with one attached hydrogen (secondary N) is 4. The number of aryl methyl sites for hydroxylation is 1. The van der Waals surface area contributed by atoms with Crippen molar-refractivity contribution in [2.45, 2.75) is 58.8 Å². The lowest BCUT2D eigenvalue weighted by Crippen LogP contribution is -2.56. The Morgan fingerprint density at radius 2 is 1.58 bits per heavy atom. The fourth-order valence-electron chi connectivity index (χ4n) is 4.11. The van der Waals surface area contributed by atoms with Gasteiger partial charge in [0.25, 0.3) is 0 Å². The zero-order chi connectivity index (χ0) is 31.7. The summed E-state index contributed by atoms with van der Waals surface area (Å²) < 4.78 is 10.4. The van der Waals surface area contributed by atoms with Crippen molar-refractivity contribution in [3.8, 4) is 0 Å². The van der Waals surface area contributed by atoms with Crippen molar-refractivity contribution < 1.29 is 38.2 Å². The van der Waals surface area contributed by atoms with Crippen LogP contribution in [0.15, 0.2) is 63.8 Å². The van der Waals surface area contributed by atoms with E-state index in [2.05, 4.69) is 21.3 Å². The molecule has 5 N–H and O–H groups in total. The molecule has 3 rings (SSSR count). The first kappa shape index (κ1) is 32.3. The van der Waals surface area contributed by atoms with E-state index in [1.54, 1.807) is 57.2 Å². The van der Waals surface area contributed by atoms with Gasteiger partial charge in [0.05, 0.1) is 6.42 Å². The number of carbonyl (C=O) groups excluding carboxylic acids is 4. The van der Waals surface area contributed by atoms with E-state index in [1.165, 1.54) is 19.1 Å². The second kappa shape index (κ2) is 14.6. The number of alkyl carbamates (subject to hydrolysis) is 1. The fraction of sp³-hybridized carbons (Fsp3) is 0.333. The van der Waals surface area contributed by atoms with Crippen molar-refractivity contribution in [3.05, 3.63) is 76.1 Å². The highest BCUT2D eigenvalue weighted by molar-refractivity contribution is 6.01. The van der Waals surface area contributed by atoms with Crippen molar-refractivity contribution in [1.29, 1.82) is 0 Å². The van der Waals surface area contributed by atoms with Gasteiger partial charge in [0.1, 0.15) is 30.3 Å². The number of benzene rings is 2. The van der Waals surface area contributed by atoms with Crippen molar-refractivity contribution in [2.75, 3.05) is 5.32 Å². The van der Waals surface area contributed by atoms with Crippen LogP contribution in [-0.2, 0) is 30.5 Å². The number of carboxylic acids is 1. The van der Waals surface area contributed by atoms with E-state index >= 15 is 0 Å². The van der Waals surface area contributed by atoms with Crippen molar-refractivity contribution in [2.24, 2.45) is 5.92 Å². The van der Waals surface area contributed by atoms with E-state index in [0.717, 1.165) is 5.56 Å². The van der Waals surface area contributed by atoms with Gasteiger partial charge >= 0.3 is 17.7 Å². The molecule has 0 aliphatic carbocycles. The Kier molecular flexibility index (Phi) is 11.0. The summed E-state index contributed by atoms with van der Waals surface area (Å²) >= 11 is 0. The molecule has 3 aromatic rings. The van der Waals surface area contributed by atoms with Crippen LogP contribution in [0.2, 0.25) is 0 Å². The topological polar surface area (TPSA) is 193 Å². The normalized spacial score (nSPS) is 13.0. The Bertz CT molecular complexity index is 1550. The summed E-state index contributed by atoms with van der Waals surface area (Å²) in [7, 11) is 0. The van der Waals surface area contributed by atoms with Gasteiger partial charge in [-0.25, -0.2) is 9.59 Å². The van der Waals surface area contributed by atoms with Crippen molar-refractivity contribution in [3.63, 3.8) is 0 Å². The minimum atomic E-state index is -1.50. The third-order valence-corrected chi connectivity index (χ3v) is 6.42. The van der Waals surface area contributed by atoms with E-state index in [-0.39, 0.29) is 23.8 Å². The first-order valence-corrected chi connectivity index (χ1v) is 13.5. The molecule has 0 fully saturated rings. The summed E-state index contributed by atoms with van der Waals surface area (Å²) in [6.45, 7) is 6.46. The standard InChI is InChI=1S/C30H34N4O9/c1-16(2)26(34-30(41)42-15-19-8-6-5-7-9-19)29(40)31-18(4)27(38)33-22(14-24(35)36)28(39)32-20-10-11-21-17(3)12-25(37)43-23(21)13-20/h5-13,16,18,22,26H,14-15H2,1-4H3,(H,31,40)(H,32,39)(H,33,38)(H,34,41)(H,35,36)/t18-,22-,26+/m0/s1. The number of ether oxygens (including phenoxy) is 1. The maximum absolute atomic E-state index is 13.0. The number of anilines is 1. The monoisotopic (exact) mass is 594 g/mol. The predicted octanol–water partition coefficient (Wildman–Crippen LogP) is 2.46. The van der Waals surface area contributed by atoms with Gasteiger partial charge in [-0.3, -0.25) is 19.2 Å². The lowest BCUT2D eigenvalue weighted by molar-refractivity contribution is -0.140. The average molecular weight is 595 g/mol. The van der Waals surface area contributed by atoms with Gasteiger partial charge in [0, 0.05) is 23.2 Å². The molecule has 2 aromatic carbocycles. The van der Waals surface area contributed by atoms with Crippen LogP contribution in [0.5, 0.6) is 0 Å². The highest BCUT2D eigenvalue weighted by atomic mass is 16.5. The van der Waals surface area contributed by atoms with Crippen LogP contribution in [0.1, 0.15) is 38.3 Å². The first-order valence-electron chi connectivity index (χ1n) is 13.5. The Balaban J connectivity index is 1.62. The molecule has 0 aliphatic heterocycles. The van der Waals surface area contributed by atoms with Crippen LogP contribution in [0.25, 0.3) is 11.0 Å². The largest absolute Gasteiger partial charge is 0.481 e.